The summed E-state index contributed by atoms with van der Waals surface area (Å²) in [6.07, 6.45) is 6.17. The van der Waals surface area contributed by atoms with Crippen molar-refractivity contribution in [3.05, 3.63) is 0 Å². The molecule has 0 aliphatic rings. The third-order valence-corrected chi connectivity index (χ3v) is 2.96. The lowest BCUT2D eigenvalue weighted by Gasteiger charge is -2.15. The van der Waals surface area contributed by atoms with Crippen LogP contribution in [0.5, 0.6) is 0 Å². The fourth-order valence-electron chi connectivity index (χ4n) is 1.97. The molecule has 4 heteroatoms. The Bertz CT molecular complexity index is 253. The summed E-state index contributed by atoms with van der Waals surface area (Å²) in [4.78, 5) is 22.1. The molecule has 0 heterocycles. The molecule has 2 unspecified atom stereocenters. The maximum absolute atomic E-state index is 11.6. The number of hydrogen-bond donors (Lipinski definition) is 2. The topological polar surface area (TPSA) is 66.4 Å². The van der Waals surface area contributed by atoms with Crippen LogP contribution >= 0.6 is 0 Å². The smallest absolute Gasteiger partial charge is 0.303 e. The number of unbranched alkanes of at least 4 members (excludes halogenated alkanes) is 3. The quantitative estimate of drug-likeness (QED) is 0.591. The number of carboxylic acids is 1. The third-order valence-electron chi connectivity index (χ3n) is 2.96. The van der Waals surface area contributed by atoms with Gasteiger partial charge in [0.15, 0.2) is 0 Å². The normalized spacial score (nSPS) is 13.9. The molecule has 106 valence electrons. The number of aliphatic carboxylic acids is 1. The van der Waals surface area contributed by atoms with Gasteiger partial charge in [0.05, 0.1) is 0 Å². The minimum atomic E-state index is -0.845. The Morgan fingerprint density at radius 1 is 1.11 bits per heavy atom. The molecule has 0 spiro atoms. The van der Waals surface area contributed by atoms with Crippen molar-refractivity contribution in [1.29, 1.82) is 0 Å². The summed E-state index contributed by atoms with van der Waals surface area (Å²) in [5, 5.41) is 11.5. The van der Waals surface area contributed by atoms with E-state index in [4.69, 9.17) is 5.11 Å². The lowest BCUT2D eigenvalue weighted by Crippen LogP contribution is -2.33. The van der Waals surface area contributed by atoms with Gasteiger partial charge in [-0.1, -0.05) is 39.5 Å². The monoisotopic (exact) mass is 257 g/mol. The van der Waals surface area contributed by atoms with Gasteiger partial charge in [0.1, 0.15) is 0 Å². The van der Waals surface area contributed by atoms with Gasteiger partial charge in [0.25, 0.3) is 0 Å². The molecule has 0 rings (SSSR count). The largest absolute Gasteiger partial charge is 0.481 e. The Hall–Kier alpha value is -1.06. The standard InChI is InChI=1S/C14H27NO3/c1-4-5-6-7-8-12(3)15-13(16)9-11(2)10-14(17)18/h11-12H,4-10H2,1-3H3,(H,15,16)(H,17,18). The average Bonchev–Trinajstić information content (AvgIpc) is 2.22. The van der Waals surface area contributed by atoms with Crippen LogP contribution in [0.25, 0.3) is 0 Å². The molecule has 0 aliphatic carbocycles. The number of carbonyl (C=O) groups is 2. The molecule has 0 aromatic heterocycles. The van der Waals surface area contributed by atoms with Crippen molar-refractivity contribution in [2.45, 2.75) is 71.8 Å². The van der Waals surface area contributed by atoms with Crippen LogP contribution in [0.1, 0.15) is 65.7 Å². The molecule has 4 nitrogen and oxygen atoms in total. The molecule has 0 fully saturated rings. The maximum atomic E-state index is 11.6. The zero-order valence-corrected chi connectivity index (χ0v) is 11.9. The zero-order chi connectivity index (χ0) is 14.0. The van der Waals surface area contributed by atoms with Gasteiger partial charge in [-0.2, -0.15) is 0 Å². The van der Waals surface area contributed by atoms with E-state index in [1.54, 1.807) is 6.92 Å². The maximum Gasteiger partial charge on any atom is 0.303 e. The van der Waals surface area contributed by atoms with E-state index in [9.17, 15) is 9.59 Å². The van der Waals surface area contributed by atoms with Crippen molar-refractivity contribution in [2.75, 3.05) is 0 Å². The highest BCUT2D eigenvalue weighted by Crippen LogP contribution is 2.09. The van der Waals surface area contributed by atoms with Gasteiger partial charge in [0, 0.05) is 18.9 Å². The Morgan fingerprint density at radius 2 is 1.78 bits per heavy atom. The molecule has 0 aromatic carbocycles. The molecular weight excluding hydrogens is 230 g/mol. The van der Waals surface area contributed by atoms with Crippen LogP contribution < -0.4 is 5.32 Å². The summed E-state index contributed by atoms with van der Waals surface area (Å²) < 4.78 is 0. The Morgan fingerprint density at radius 3 is 2.33 bits per heavy atom. The van der Waals surface area contributed by atoms with Crippen molar-refractivity contribution < 1.29 is 14.7 Å². The van der Waals surface area contributed by atoms with Crippen LogP contribution in [0.4, 0.5) is 0 Å². The molecule has 0 saturated carbocycles. The summed E-state index contributed by atoms with van der Waals surface area (Å²) in [5.41, 5.74) is 0. The summed E-state index contributed by atoms with van der Waals surface area (Å²) in [7, 11) is 0. The second kappa shape index (κ2) is 9.92. The first kappa shape index (κ1) is 16.9. The first-order valence-electron chi connectivity index (χ1n) is 6.96. The van der Waals surface area contributed by atoms with E-state index >= 15 is 0 Å². The van der Waals surface area contributed by atoms with Crippen molar-refractivity contribution in [2.24, 2.45) is 5.92 Å². The van der Waals surface area contributed by atoms with Crippen molar-refractivity contribution in [3.63, 3.8) is 0 Å². The van der Waals surface area contributed by atoms with E-state index in [0.717, 1.165) is 12.8 Å². The van der Waals surface area contributed by atoms with Gasteiger partial charge in [-0.25, -0.2) is 0 Å². The molecule has 2 atom stereocenters. The fourth-order valence-corrected chi connectivity index (χ4v) is 1.97. The van der Waals surface area contributed by atoms with Gasteiger partial charge in [-0.15, -0.1) is 0 Å². The number of nitrogens with one attached hydrogen (secondary N) is 1. The lowest BCUT2D eigenvalue weighted by molar-refractivity contribution is -0.138. The Kier molecular flexibility index (Phi) is 9.33. The molecule has 18 heavy (non-hydrogen) atoms. The van der Waals surface area contributed by atoms with E-state index in [1.807, 2.05) is 6.92 Å². The Labute approximate surface area is 110 Å². The van der Waals surface area contributed by atoms with Gasteiger partial charge in [-0.3, -0.25) is 9.59 Å². The first-order valence-corrected chi connectivity index (χ1v) is 6.96. The van der Waals surface area contributed by atoms with E-state index in [2.05, 4.69) is 12.2 Å². The molecule has 0 saturated heterocycles. The van der Waals surface area contributed by atoms with Crippen molar-refractivity contribution in [1.82, 2.24) is 5.32 Å². The van der Waals surface area contributed by atoms with Crippen molar-refractivity contribution >= 4 is 11.9 Å². The minimum absolute atomic E-state index is 0.0354. The van der Waals surface area contributed by atoms with E-state index in [-0.39, 0.29) is 24.3 Å². The molecular formula is C14H27NO3. The lowest BCUT2D eigenvalue weighted by atomic mass is 10.0. The van der Waals surface area contributed by atoms with Crippen molar-refractivity contribution in [3.8, 4) is 0 Å². The number of carboxylic acid groups (broad SMARTS) is 1. The number of carbonyl (C=O) groups excluding carboxylic acids is 1. The minimum Gasteiger partial charge on any atom is -0.481 e. The first-order chi connectivity index (χ1) is 8.45. The van der Waals surface area contributed by atoms with Gasteiger partial charge in [-0.05, 0) is 19.3 Å². The summed E-state index contributed by atoms with van der Waals surface area (Å²) >= 11 is 0. The van der Waals surface area contributed by atoms with Crippen LogP contribution in [-0.4, -0.2) is 23.0 Å². The van der Waals surface area contributed by atoms with E-state index in [0.29, 0.717) is 6.42 Å². The van der Waals surface area contributed by atoms with Crippen LogP contribution in [0.2, 0.25) is 0 Å². The molecule has 2 N–H and O–H groups in total. The zero-order valence-electron chi connectivity index (χ0n) is 11.9. The van der Waals surface area contributed by atoms with E-state index in [1.165, 1.54) is 19.3 Å². The number of rotatable bonds is 10. The van der Waals surface area contributed by atoms with Gasteiger partial charge >= 0.3 is 5.97 Å². The molecule has 0 aliphatic heterocycles. The molecule has 0 aromatic rings. The van der Waals surface area contributed by atoms with Crippen LogP contribution in [0.3, 0.4) is 0 Å². The third kappa shape index (κ3) is 10.1. The van der Waals surface area contributed by atoms with Gasteiger partial charge < -0.3 is 10.4 Å². The molecule has 1 amide bonds. The second-order valence-electron chi connectivity index (χ2n) is 5.23. The second-order valence-corrected chi connectivity index (χ2v) is 5.23. The highest BCUT2D eigenvalue weighted by molar-refractivity contribution is 5.77. The summed E-state index contributed by atoms with van der Waals surface area (Å²) in [6, 6.07) is 0.186. The predicted octanol–water partition coefficient (Wildman–Crippen LogP) is 2.96. The fraction of sp³-hybridized carbons (Fsp3) is 0.857. The van der Waals surface area contributed by atoms with E-state index < -0.39 is 5.97 Å². The Balaban J connectivity index is 3.69. The SMILES string of the molecule is CCCCCCC(C)NC(=O)CC(C)CC(=O)O. The summed E-state index contributed by atoms with van der Waals surface area (Å²) in [5.74, 6) is -0.982. The molecule has 0 radical (unpaired) electrons. The van der Waals surface area contributed by atoms with Crippen LogP contribution in [-0.2, 0) is 9.59 Å². The highest BCUT2D eigenvalue weighted by atomic mass is 16.4. The van der Waals surface area contributed by atoms with Gasteiger partial charge in [0.2, 0.25) is 5.91 Å². The predicted molar refractivity (Wildman–Crippen MR) is 72.4 cm³/mol. The highest BCUT2D eigenvalue weighted by Gasteiger charge is 2.14. The van der Waals surface area contributed by atoms with Crippen LogP contribution in [0.15, 0.2) is 0 Å². The molecule has 0 bridgehead atoms. The number of amides is 1. The average molecular weight is 257 g/mol. The number of hydrogen-bond acceptors (Lipinski definition) is 2. The van der Waals surface area contributed by atoms with Crippen LogP contribution in [0, 0.1) is 5.92 Å². The summed E-state index contributed by atoms with van der Waals surface area (Å²) in [6.45, 7) is 5.97.